The van der Waals surface area contributed by atoms with Gasteiger partial charge in [-0.25, -0.2) is 32.4 Å². The molecule has 0 aliphatic rings. The fraction of sp³-hybridized carbons (Fsp3) is 0.444. The molecule has 104 valence electrons. The highest BCUT2D eigenvalue weighted by Crippen LogP contribution is 2.03. The van der Waals surface area contributed by atoms with Gasteiger partial charge in [0.2, 0.25) is 10.0 Å². The number of aromatic amines is 1. The van der Waals surface area contributed by atoms with Gasteiger partial charge in [-0.1, -0.05) is 6.92 Å². The molecule has 2 heterocycles. The molecule has 0 radical (unpaired) electrons. The van der Waals surface area contributed by atoms with E-state index in [-0.39, 0.29) is 18.0 Å². The predicted octanol–water partition coefficient (Wildman–Crippen LogP) is -1.23. The van der Waals surface area contributed by atoms with Crippen molar-refractivity contribution in [3.63, 3.8) is 0 Å². The number of rotatable bonds is 6. The summed E-state index contributed by atoms with van der Waals surface area (Å²) in [4.78, 5) is 15.2. The van der Waals surface area contributed by atoms with Gasteiger partial charge in [0.25, 0.3) is 0 Å². The number of H-pyrrole nitrogens is 1. The van der Waals surface area contributed by atoms with E-state index in [1.54, 1.807) is 13.0 Å². The average molecular weight is 286 g/mol. The molecule has 0 aromatic carbocycles. The number of nitrogens with zero attached hydrogens (tertiary/aromatic N) is 3. The van der Waals surface area contributed by atoms with Crippen LogP contribution < -0.4 is 15.7 Å². The summed E-state index contributed by atoms with van der Waals surface area (Å²) in [6, 6.07) is 1.55. The van der Waals surface area contributed by atoms with Crippen LogP contribution in [0.1, 0.15) is 6.92 Å². The van der Waals surface area contributed by atoms with Gasteiger partial charge in [-0.15, -0.1) is 0 Å². The van der Waals surface area contributed by atoms with Crippen molar-refractivity contribution in [1.82, 2.24) is 24.3 Å². The maximum absolute atomic E-state index is 11.4. The van der Waals surface area contributed by atoms with E-state index in [9.17, 15) is 13.2 Å². The Balaban J connectivity index is 2.00. The van der Waals surface area contributed by atoms with Crippen molar-refractivity contribution < 1.29 is 8.42 Å². The molecule has 0 bridgehead atoms. The Labute approximate surface area is 109 Å². The first-order chi connectivity index (χ1) is 9.02. The summed E-state index contributed by atoms with van der Waals surface area (Å²) in [6.45, 7) is 2.30. The number of fused-ring (bicyclic) bond motifs is 1. The Kier molecular flexibility index (Phi) is 3.81. The standard InChI is InChI=1S/C9H14N6O3S/c1-2-12-19(17,18)4-3-10-7-5-8-13-14-9(16)15(8)6-11-7/h5-6,10,12H,2-4H2,1H3,(H,14,16). The van der Waals surface area contributed by atoms with E-state index < -0.39 is 10.0 Å². The Morgan fingerprint density at radius 1 is 1.47 bits per heavy atom. The summed E-state index contributed by atoms with van der Waals surface area (Å²) in [6.07, 6.45) is 1.32. The Hall–Kier alpha value is -1.94. The molecule has 0 spiro atoms. The zero-order valence-electron chi connectivity index (χ0n) is 10.3. The zero-order valence-corrected chi connectivity index (χ0v) is 11.1. The van der Waals surface area contributed by atoms with Crippen LogP contribution in [0.2, 0.25) is 0 Å². The lowest BCUT2D eigenvalue weighted by Gasteiger charge is -2.06. The van der Waals surface area contributed by atoms with Crippen LogP contribution in [0.25, 0.3) is 5.65 Å². The van der Waals surface area contributed by atoms with Gasteiger partial charge in [-0.2, -0.15) is 5.10 Å². The molecule has 0 saturated heterocycles. The SMILES string of the molecule is CCNS(=O)(=O)CCNc1cc2n[nH]c(=O)n2cn1. The molecule has 0 aliphatic heterocycles. The van der Waals surface area contributed by atoms with E-state index in [4.69, 9.17) is 0 Å². The van der Waals surface area contributed by atoms with Gasteiger partial charge < -0.3 is 5.32 Å². The highest BCUT2D eigenvalue weighted by atomic mass is 32.2. The van der Waals surface area contributed by atoms with Gasteiger partial charge in [0.1, 0.15) is 12.1 Å². The average Bonchev–Trinajstić information content (AvgIpc) is 2.70. The van der Waals surface area contributed by atoms with Crippen LogP contribution in [-0.2, 0) is 10.0 Å². The third-order valence-corrected chi connectivity index (χ3v) is 3.82. The van der Waals surface area contributed by atoms with Gasteiger partial charge in [0.05, 0.1) is 5.75 Å². The first-order valence-corrected chi connectivity index (χ1v) is 7.31. The minimum absolute atomic E-state index is 0.0545. The van der Waals surface area contributed by atoms with Crippen molar-refractivity contribution in [1.29, 1.82) is 0 Å². The number of aromatic nitrogens is 4. The van der Waals surface area contributed by atoms with E-state index in [1.165, 1.54) is 10.7 Å². The second kappa shape index (κ2) is 5.36. The maximum atomic E-state index is 11.4. The third kappa shape index (κ3) is 3.29. The molecule has 0 fully saturated rings. The van der Waals surface area contributed by atoms with Crippen molar-refractivity contribution in [2.75, 3.05) is 24.2 Å². The normalized spacial score (nSPS) is 11.8. The zero-order chi connectivity index (χ0) is 13.9. The Bertz CT molecular complexity index is 719. The monoisotopic (exact) mass is 286 g/mol. The van der Waals surface area contributed by atoms with Crippen LogP contribution in [0.3, 0.4) is 0 Å². The number of hydrogen-bond acceptors (Lipinski definition) is 6. The van der Waals surface area contributed by atoms with Crippen LogP contribution >= 0.6 is 0 Å². The van der Waals surface area contributed by atoms with Gasteiger partial charge >= 0.3 is 5.69 Å². The van der Waals surface area contributed by atoms with Crippen LogP contribution in [0.4, 0.5) is 5.82 Å². The largest absolute Gasteiger partial charge is 0.369 e. The molecule has 0 amide bonds. The van der Waals surface area contributed by atoms with Crippen molar-refractivity contribution in [3.05, 3.63) is 22.9 Å². The highest BCUT2D eigenvalue weighted by molar-refractivity contribution is 7.89. The van der Waals surface area contributed by atoms with Gasteiger partial charge in [0, 0.05) is 19.2 Å². The summed E-state index contributed by atoms with van der Waals surface area (Å²) < 4.78 is 26.4. The van der Waals surface area contributed by atoms with Gasteiger partial charge in [-0.3, -0.25) is 0 Å². The lowest BCUT2D eigenvalue weighted by Crippen LogP contribution is -2.29. The lowest BCUT2D eigenvalue weighted by atomic mass is 10.5. The molecule has 10 heteroatoms. The molecule has 0 atom stereocenters. The molecular formula is C9H14N6O3S. The molecule has 2 rings (SSSR count). The van der Waals surface area contributed by atoms with E-state index in [2.05, 4.69) is 25.2 Å². The van der Waals surface area contributed by atoms with Crippen LogP contribution in [0.5, 0.6) is 0 Å². The molecule has 3 N–H and O–H groups in total. The number of anilines is 1. The molecule has 9 nitrogen and oxygen atoms in total. The summed E-state index contributed by atoms with van der Waals surface area (Å²) >= 11 is 0. The minimum Gasteiger partial charge on any atom is -0.369 e. The molecular weight excluding hydrogens is 272 g/mol. The minimum atomic E-state index is -3.26. The van der Waals surface area contributed by atoms with E-state index >= 15 is 0 Å². The summed E-state index contributed by atoms with van der Waals surface area (Å²) in [5.41, 5.74) is 0.0424. The first kappa shape index (κ1) is 13.5. The number of hydrogen-bond donors (Lipinski definition) is 3. The lowest BCUT2D eigenvalue weighted by molar-refractivity contribution is 0.584. The Morgan fingerprint density at radius 2 is 2.26 bits per heavy atom. The maximum Gasteiger partial charge on any atom is 0.348 e. The molecule has 2 aromatic rings. The van der Waals surface area contributed by atoms with Crippen LogP contribution in [-0.4, -0.2) is 46.8 Å². The second-order valence-electron chi connectivity index (χ2n) is 3.77. The van der Waals surface area contributed by atoms with Crippen LogP contribution in [0.15, 0.2) is 17.2 Å². The molecule has 2 aromatic heterocycles. The van der Waals surface area contributed by atoms with E-state index in [1.807, 2.05) is 0 Å². The quantitative estimate of drug-likeness (QED) is 0.611. The van der Waals surface area contributed by atoms with Gasteiger partial charge in [-0.05, 0) is 0 Å². The molecule has 0 aliphatic carbocycles. The molecule has 0 saturated carbocycles. The topological polar surface area (TPSA) is 121 Å². The molecule has 0 unspecified atom stereocenters. The molecule has 19 heavy (non-hydrogen) atoms. The first-order valence-electron chi connectivity index (χ1n) is 5.66. The van der Waals surface area contributed by atoms with Crippen molar-refractivity contribution in [3.8, 4) is 0 Å². The second-order valence-corrected chi connectivity index (χ2v) is 5.70. The van der Waals surface area contributed by atoms with E-state index in [0.717, 1.165) is 0 Å². The Morgan fingerprint density at radius 3 is 3.00 bits per heavy atom. The van der Waals surface area contributed by atoms with Crippen molar-refractivity contribution >= 4 is 21.5 Å². The van der Waals surface area contributed by atoms with Crippen molar-refractivity contribution in [2.45, 2.75) is 6.92 Å². The van der Waals surface area contributed by atoms with Crippen LogP contribution in [0, 0.1) is 0 Å². The smallest absolute Gasteiger partial charge is 0.348 e. The third-order valence-electron chi connectivity index (χ3n) is 2.35. The van der Waals surface area contributed by atoms with Gasteiger partial charge in [0.15, 0.2) is 5.65 Å². The fourth-order valence-electron chi connectivity index (χ4n) is 1.51. The van der Waals surface area contributed by atoms with E-state index in [0.29, 0.717) is 18.0 Å². The summed E-state index contributed by atoms with van der Waals surface area (Å²) in [5, 5.41) is 8.93. The summed E-state index contributed by atoms with van der Waals surface area (Å²) in [5.74, 6) is 0.402. The number of sulfonamides is 1. The fourth-order valence-corrected chi connectivity index (χ4v) is 2.47. The number of nitrogens with one attached hydrogen (secondary N) is 3. The predicted molar refractivity (Wildman–Crippen MR) is 69.6 cm³/mol. The highest BCUT2D eigenvalue weighted by Gasteiger charge is 2.08. The van der Waals surface area contributed by atoms with Crippen molar-refractivity contribution in [2.24, 2.45) is 0 Å². The summed E-state index contributed by atoms with van der Waals surface area (Å²) in [7, 11) is -3.26.